The highest BCUT2D eigenvalue weighted by Crippen LogP contribution is 2.15. The molecule has 0 aliphatic rings. The Morgan fingerprint density at radius 2 is 0.770 bits per heavy atom. The molecule has 0 radical (unpaired) electrons. The number of hydrogen-bond acceptors (Lipinski definition) is 7. The van der Waals surface area contributed by atoms with E-state index in [1.807, 2.05) is 21.1 Å². The lowest BCUT2D eigenvalue weighted by Crippen LogP contribution is -2.40. The number of carbonyl (C=O) groups is 3. The lowest BCUT2D eigenvalue weighted by molar-refractivity contribution is -0.870. The van der Waals surface area contributed by atoms with Crippen LogP contribution in [0.2, 0.25) is 0 Å². The molecule has 0 aromatic rings. The molecule has 0 aromatic heterocycles. The van der Waals surface area contributed by atoms with Gasteiger partial charge in [0.25, 0.3) is 6.29 Å². The van der Waals surface area contributed by atoms with Crippen LogP contribution in [0.3, 0.4) is 0 Å². The second-order valence-electron chi connectivity index (χ2n) is 20.6. The van der Waals surface area contributed by atoms with Crippen LogP contribution in [0.4, 0.5) is 0 Å². The monoisotopic (exact) mass is 1030 g/mol. The molecule has 1 N–H and O–H groups in total. The van der Waals surface area contributed by atoms with Gasteiger partial charge in [-0.05, 0) is 83.5 Å². The van der Waals surface area contributed by atoms with E-state index < -0.39 is 24.3 Å². The summed E-state index contributed by atoms with van der Waals surface area (Å²) in [4.78, 5) is 37.4. The summed E-state index contributed by atoms with van der Waals surface area (Å²) < 4.78 is 22.8. The molecule has 0 rings (SSSR count). The third-order valence-corrected chi connectivity index (χ3v) is 12.3. The van der Waals surface area contributed by atoms with Crippen molar-refractivity contribution >= 4 is 17.9 Å². The molecule has 9 nitrogen and oxygen atoms in total. The first-order chi connectivity index (χ1) is 36.1. The molecule has 0 aliphatic carbocycles. The van der Waals surface area contributed by atoms with E-state index in [-0.39, 0.29) is 32.2 Å². The summed E-state index contributed by atoms with van der Waals surface area (Å²) >= 11 is 0. The highest BCUT2D eigenvalue weighted by atomic mass is 16.7. The topological polar surface area (TPSA) is 108 Å². The molecule has 422 valence electrons. The first kappa shape index (κ1) is 70.0. The van der Waals surface area contributed by atoms with E-state index in [4.69, 9.17) is 18.9 Å². The van der Waals surface area contributed by atoms with E-state index in [2.05, 4.69) is 123 Å². The van der Waals surface area contributed by atoms with Crippen molar-refractivity contribution in [2.75, 3.05) is 47.5 Å². The lowest BCUT2D eigenvalue weighted by atomic mass is 10.0. The summed E-state index contributed by atoms with van der Waals surface area (Å²) in [6.07, 6.45) is 73.1. The van der Waals surface area contributed by atoms with Crippen molar-refractivity contribution in [1.29, 1.82) is 0 Å². The van der Waals surface area contributed by atoms with Crippen LogP contribution in [0.25, 0.3) is 0 Å². The molecule has 0 spiro atoms. The second-order valence-corrected chi connectivity index (χ2v) is 20.6. The Balaban J connectivity index is 4.23. The lowest BCUT2D eigenvalue weighted by Gasteiger charge is -2.25. The summed E-state index contributed by atoms with van der Waals surface area (Å²) in [5, 5.41) is 9.69. The van der Waals surface area contributed by atoms with Gasteiger partial charge < -0.3 is 28.5 Å². The number of ether oxygens (including phenoxy) is 4. The standard InChI is InChI=1S/C65H109NO8/c1-6-8-10-12-14-16-18-20-22-23-24-25-26-27-28-29-30-31-32-33-34-35-36-37-38-39-40-41-42-44-46-48-50-52-54-56-63(68)74-61(60-73-65(64(69)70)71-58-57-66(3,4)5)59-72-62(67)55-53-51-49-47-45-43-21-19-17-15-13-11-9-7-2/h8,10,14,16,20,22,24-25,27-28,30-31,33-34,36-37,39-40,61,65H,6-7,9,11-13,15,17-19,21,23,26,29,32,35,38,41-60H2,1-5H3/p+1/b10-8-,16-14-,22-20-,25-24-,28-27-,31-30-,34-33-,37-36-,40-39-. The van der Waals surface area contributed by atoms with E-state index in [9.17, 15) is 19.5 Å². The minimum atomic E-state index is -1.52. The van der Waals surface area contributed by atoms with Crippen LogP contribution >= 0.6 is 0 Å². The van der Waals surface area contributed by atoms with Crippen molar-refractivity contribution in [3.63, 3.8) is 0 Å². The van der Waals surface area contributed by atoms with Crippen LogP contribution in [0.5, 0.6) is 0 Å². The van der Waals surface area contributed by atoms with Crippen molar-refractivity contribution in [1.82, 2.24) is 0 Å². The summed E-state index contributed by atoms with van der Waals surface area (Å²) in [7, 11) is 5.96. The fourth-order valence-corrected chi connectivity index (χ4v) is 7.77. The first-order valence-electron chi connectivity index (χ1n) is 29.6. The van der Waals surface area contributed by atoms with Gasteiger partial charge in [-0.25, -0.2) is 4.79 Å². The van der Waals surface area contributed by atoms with Crippen molar-refractivity contribution in [2.24, 2.45) is 0 Å². The van der Waals surface area contributed by atoms with E-state index in [1.54, 1.807) is 0 Å². The zero-order chi connectivity index (χ0) is 54.1. The molecule has 0 saturated carbocycles. The predicted molar refractivity (Wildman–Crippen MR) is 313 cm³/mol. The van der Waals surface area contributed by atoms with Gasteiger partial charge in [-0.1, -0.05) is 239 Å². The molecule has 2 atom stereocenters. The smallest absolute Gasteiger partial charge is 0.361 e. The third-order valence-electron chi connectivity index (χ3n) is 12.3. The van der Waals surface area contributed by atoms with Crippen LogP contribution in [0, 0.1) is 0 Å². The number of aliphatic carboxylic acids is 1. The average molecular weight is 1030 g/mol. The number of unbranched alkanes of at least 4 members (excludes halogenated alkanes) is 20. The van der Waals surface area contributed by atoms with Crippen LogP contribution < -0.4 is 0 Å². The SMILES string of the molecule is CC/C=C\C/C=C\C/C=C\C/C=C\C/C=C\C/C=C\C/C=C\C/C=C\C/C=C\CCCCCCCCCC(=O)OC(COC(=O)CCCCCCCCCCCCCCCC)COC(OCC[N+](C)(C)C)C(=O)O. The third kappa shape index (κ3) is 55.7. The quantitative estimate of drug-likeness (QED) is 0.0211. The van der Waals surface area contributed by atoms with Crippen LogP contribution in [0.15, 0.2) is 109 Å². The maximum absolute atomic E-state index is 12.9. The van der Waals surface area contributed by atoms with Gasteiger partial charge in [0.2, 0.25) is 0 Å². The van der Waals surface area contributed by atoms with Crippen molar-refractivity contribution in [3.8, 4) is 0 Å². The summed E-state index contributed by atoms with van der Waals surface area (Å²) in [6.45, 7) is 4.74. The Morgan fingerprint density at radius 1 is 0.419 bits per heavy atom. The van der Waals surface area contributed by atoms with Crippen LogP contribution in [-0.4, -0.2) is 87.4 Å². The Hall–Kier alpha value is -4.05. The zero-order valence-corrected chi connectivity index (χ0v) is 48.0. The number of rotatable bonds is 53. The molecule has 0 bridgehead atoms. The maximum atomic E-state index is 12.9. The van der Waals surface area contributed by atoms with Crippen molar-refractivity contribution in [2.45, 2.75) is 238 Å². The highest BCUT2D eigenvalue weighted by molar-refractivity contribution is 5.71. The Kier molecular flexibility index (Phi) is 52.2. The van der Waals surface area contributed by atoms with Gasteiger partial charge in [0.15, 0.2) is 6.10 Å². The fraction of sp³-hybridized carbons (Fsp3) is 0.677. The highest BCUT2D eigenvalue weighted by Gasteiger charge is 2.25. The van der Waals surface area contributed by atoms with Crippen LogP contribution in [0.1, 0.15) is 226 Å². The van der Waals surface area contributed by atoms with E-state index >= 15 is 0 Å². The molecule has 74 heavy (non-hydrogen) atoms. The van der Waals surface area contributed by atoms with E-state index in [0.29, 0.717) is 23.9 Å². The van der Waals surface area contributed by atoms with Gasteiger partial charge in [-0.15, -0.1) is 0 Å². The van der Waals surface area contributed by atoms with Crippen molar-refractivity contribution < 1.29 is 42.9 Å². The van der Waals surface area contributed by atoms with Crippen LogP contribution in [-0.2, 0) is 33.3 Å². The number of carboxylic acids is 1. The molecule has 0 heterocycles. The second kappa shape index (κ2) is 55.2. The van der Waals surface area contributed by atoms with Gasteiger partial charge in [0, 0.05) is 12.8 Å². The summed E-state index contributed by atoms with van der Waals surface area (Å²) in [5.41, 5.74) is 0. The first-order valence-corrected chi connectivity index (χ1v) is 29.6. The largest absolute Gasteiger partial charge is 0.477 e. The predicted octanol–water partition coefficient (Wildman–Crippen LogP) is 17.5. The number of esters is 2. The molecule has 0 saturated heterocycles. The molecular formula is C65H110NO8+. The minimum absolute atomic E-state index is 0.181. The number of likely N-dealkylation sites (N-methyl/N-ethyl adjacent to an activating group) is 1. The number of hydrogen-bond donors (Lipinski definition) is 1. The van der Waals surface area contributed by atoms with Gasteiger partial charge in [-0.2, -0.15) is 0 Å². The minimum Gasteiger partial charge on any atom is -0.477 e. The zero-order valence-electron chi connectivity index (χ0n) is 48.0. The normalized spacial score (nSPS) is 13.6. The molecule has 2 unspecified atom stereocenters. The van der Waals surface area contributed by atoms with Gasteiger partial charge in [0.05, 0.1) is 34.4 Å². The summed E-state index contributed by atoms with van der Waals surface area (Å²) in [6, 6.07) is 0. The fourth-order valence-electron chi connectivity index (χ4n) is 7.77. The Bertz CT molecular complexity index is 1580. The van der Waals surface area contributed by atoms with Crippen molar-refractivity contribution in [3.05, 3.63) is 109 Å². The van der Waals surface area contributed by atoms with E-state index in [1.165, 1.54) is 89.9 Å². The van der Waals surface area contributed by atoms with Gasteiger partial charge in [0.1, 0.15) is 13.2 Å². The van der Waals surface area contributed by atoms with Gasteiger partial charge >= 0.3 is 17.9 Å². The number of carbonyl (C=O) groups excluding carboxylic acids is 2. The molecule has 0 amide bonds. The number of nitrogens with zero attached hydrogens (tertiary/aromatic N) is 1. The Morgan fingerprint density at radius 3 is 1.15 bits per heavy atom. The number of quaternary nitrogens is 1. The molecule has 0 fully saturated rings. The average Bonchev–Trinajstić information content (AvgIpc) is 3.37. The molecular weight excluding hydrogens is 923 g/mol. The van der Waals surface area contributed by atoms with E-state index in [0.717, 1.165) is 103 Å². The molecule has 0 aliphatic heterocycles. The maximum Gasteiger partial charge on any atom is 0.361 e. The summed E-state index contributed by atoms with van der Waals surface area (Å²) in [5.74, 6) is -2.02. The van der Waals surface area contributed by atoms with Gasteiger partial charge in [-0.3, -0.25) is 9.59 Å². The number of carboxylic acid groups (broad SMARTS) is 1. The molecule has 9 heteroatoms. The molecule has 0 aromatic carbocycles. The Labute approximate surface area is 454 Å². The number of allylic oxidation sites excluding steroid dienone is 18.